The Morgan fingerprint density at radius 3 is 1.68 bits per heavy atom. The van der Waals surface area contributed by atoms with Crippen LogP contribution in [-0.4, -0.2) is 6.61 Å². The quantitative estimate of drug-likeness (QED) is 0.727. The van der Waals surface area contributed by atoms with E-state index in [1.165, 1.54) is 5.56 Å². The first kappa shape index (κ1) is 16.6. The van der Waals surface area contributed by atoms with Crippen LogP contribution >= 0.6 is 0 Å². The summed E-state index contributed by atoms with van der Waals surface area (Å²) in [4.78, 5) is 0. The van der Waals surface area contributed by atoms with E-state index in [9.17, 15) is 13.2 Å². The molecular formula is C18H19F3O. The van der Waals surface area contributed by atoms with Gasteiger partial charge < -0.3 is 4.74 Å². The fraction of sp³-hybridized carbons (Fsp3) is 0.333. The van der Waals surface area contributed by atoms with Gasteiger partial charge in [0, 0.05) is 6.61 Å². The van der Waals surface area contributed by atoms with Crippen molar-refractivity contribution in [3.63, 3.8) is 0 Å². The van der Waals surface area contributed by atoms with Crippen LogP contribution in [0.15, 0.2) is 48.5 Å². The minimum Gasteiger partial charge on any atom is -0.377 e. The SMILES string of the molecule is CCOCc1ccc(CCc2ccc(C(F)(F)F)cc2)cc1. The van der Waals surface area contributed by atoms with Crippen molar-refractivity contribution in [1.82, 2.24) is 0 Å². The molecule has 0 heterocycles. The fourth-order valence-electron chi connectivity index (χ4n) is 2.17. The van der Waals surface area contributed by atoms with Crippen molar-refractivity contribution in [2.45, 2.75) is 32.5 Å². The van der Waals surface area contributed by atoms with Gasteiger partial charge in [-0.15, -0.1) is 0 Å². The summed E-state index contributed by atoms with van der Waals surface area (Å²) in [5.74, 6) is 0. The Morgan fingerprint density at radius 1 is 0.773 bits per heavy atom. The topological polar surface area (TPSA) is 9.23 Å². The predicted octanol–water partition coefficient (Wildman–Crippen LogP) is 5.03. The van der Waals surface area contributed by atoms with Crippen LogP contribution in [0.3, 0.4) is 0 Å². The third-order valence-corrected chi connectivity index (χ3v) is 3.48. The summed E-state index contributed by atoms with van der Waals surface area (Å²) in [6.07, 6.45) is -2.74. The van der Waals surface area contributed by atoms with Gasteiger partial charge in [0.05, 0.1) is 12.2 Å². The Morgan fingerprint density at radius 2 is 1.23 bits per heavy atom. The van der Waals surface area contributed by atoms with Gasteiger partial charge in [-0.25, -0.2) is 0 Å². The fourth-order valence-corrected chi connectivity index (χ4v) is 2.17. The second kappa shape index (κ2) is 7.45. The maximum Gasteiger partial charge on any atom is 0.416 e. The molecule has 0 amide bonds. The average molecular weight is 308 g/mol. The molecule has 0 radical (unpaired) electrons. The summed E-state index contributed by atoms with van der Waals surface area (Å²) in [6.45, 7) is 3.25. The zero-order valence-corrected chi connectivity index (χ0v) is 12.5. The van der Waals surface area contributed by atoms with Crippen LogP contribution in [0.1, 0.15) is 29.2 Å². The van der Waals surface area contributed by atoms with Gasteiger partial charge in [0.2, 0.25) is 0 Å². The molecule has 4 heteroatoms. The van der Waals surface area contributed by atoms with Gasteiger partial charge in [-0.1, -0.05) is 36.4 Å². The molecule has 0 saturated heterocycles. The van der Waals surface area contributed by atoms with Crippen LogP contribution in [0.4, 0.5) is 13.2 Å². The first-order valence-corrected chi connectivity index (χ1v) is 7.30. The van der Waals surface area contributed by atoms with Crippen LogP contribution < -0.4 is 0 Å². The van der Waals surface area contributed by atoms with Crippen molar-refractivity contribution in [2.24, 2.45) is 0 Å². The van der Waals surface area contributed by atoms with E-state index in [4.69, 9.17) is 4.74 Å². The Kier molecular flexibility index (Phi) is 5.61. The van der Waals surface area contributed by atoms with Crippen LogP contribution in [-0.2, 0) is 30.4 Å². The minimum absolute atomic E-state index is 0.600. The molecule has 2 aromatic rings. The van der Waals surface area contributed by atoms with E-state index in [0.29, 0.717) is 13.2 Å². The molecule has 0 spiro atoms. The standard InChI is InChI=1S/C18H19F3O/c1-2-22-13-16-7-5-14(6-8-16)3-4-15-9-11-17(12-10-15)18(19,20)21/h5-12H,2-4,13H2,1H3. The molecule has 0 fully saturated rings. The molecule has 0 aliphatic carbocycles. The van der Waals surface area contributed by atoms with Crippen molar-refractivity contribution >= 4 is 0 Å². The van der Waals surface area contributed by atoms with Gasteiger partial charge in [-0.05, 0) is 48.6 Å². The average Bonchev–Trinajstić information content (AvgIpc) is 2.51. The van der Waals surface area contributed by atoms with Gasteiger partial charge >= 0.3 is 6.18 Å². The van der Waals surface area contributed by atoms with Gasteiger partial charge in [-0.2, -0.15) is 13.2 Å². The van der Waals surface area contributed by atoms with Gasteiger partial charge in [0.1, 0.15) is 0 Å². The van der Waals surface area contributed by atoms with E-state index in [1.54, 1.807) is 12.1 Å². The van der Waals surface area contributed by atoms with Crippen molar-refractivity contribution in [1.29, 1.82) is 0 Å². The number of hydrogen-bond donors (Lipinski definition) is 0. The van der Waals surface area contributed by atoms with Gasteiger partial charge in [-0.3, -0.25) is 0 Å². The van der Waals surface area contributed by atoms with Crippen LogP contribution in [0.5, 0.6) is 0 Å². The number of alkyl halides is 3. The molecule has 0 bridgehead atoms. The van der Waals surface area contributed by atoms with Crippen molar-refractivity contribution in [3.8, 4) is 0 Å². The third kappa shape index (κ3) is 4.88. The highest BCUT2D eigenvalue weighted by molar-refractivity contribution is 5.27. The Labute approximate surface area is 128 Å². The molecule has 0 aliphatic heterocycles. The maximum atomic E-state index is 12.5. The molecule has 0 N–H and O–H groups in total. The van der Waals surface area contributed by atoms with Crippen LogP contribution in [0.25, 0.3) is 0 Å². The van der Waals surface area contributed by atoms with E-state index in [2.05, 4.69) is 0 Å². The third-order valence-electron chi connectivity index (χ3n) is 3.48. The number of benzene rings is 2. The highest BCUT2D eigenvalue weighted by atomic mass is 19.4. The van der Waals surface area contributed by atoms with Crippen molar-refractivity contribution < 1.29 is 17.9 Å². The van der Waals surface area contributed by atoms with E-state index in [-0.39, 0.29) is 0 Å². The van der Waals surface area contributed by atoms with E-state index in [0.717, 1.165) is 36.1 Å². The Hall–Kier alpha value is -1.81. The molecule has 2 rings (SSSR count). The molecule has 0 aromatic heterocycles. The molecule has 1 nitrogen and oxygen atoms in total. The first-order valence-electron chi connectivity index (χ1n) is 7.30. The summed E-state index contributed by atoms with van der Waals surface area (Å²) in [5, 5.41) is 0. The summed E-state index contributed by atoms with van der Waals surface area (Å²) < 4.78 is 42.8. The summed E-state index contributed by atoms with van der Waals surface area (Å²) in [7, 11) is 0. The molecule has 0 aliphatic rings. The molecule has 0 atom stereocenters. The number of ether oxygens (including phenoxy) is 1. The number of rotatable bonds is 6. The lowest BCUT2D eigenvalue weighted by Crippen LogP contribution is -2.04. The highest BCUT2D eigenvalue weighted by Crippen LogP contribution is 2.29. The van der Waals surface area contributed by atoms with E-state index < -0.39 is 11.7 Å². The normalized spacial score (nSPS) is 11.6. The van der Waals surface area contributed by atoms with Gasteiger partial charge in [0.15, 0.2) is 0 Å². The summed E-state index contributed by atoms with van der Waals surface area (Å²) in [5.41, 5.74) is 2.60. The highest BCUT2D eigenvalue weighted by Gasteiger charge is 2.29. The summed E-state index contributed by atoms with van der Waals surface area (Å²) in [6, 6.07) is 13.5. The number of hydrogen-bond acceptors (Lipinski definition) is 1. The lowest BCUT2D eigenvalue weighted by molar-refractivity contribution is -0.137. The maximum absolute atomic E-state index is 12.5. The van der Waals surface area contributed by atoms with E-state index >= 15 is 0 Å². The van der Waals surface area contributed by atoms with Crippen molar-refractivity contribution in [3.05, 3.63) is 70.8 Å². The number of halogens is 3. The van der Waals surface area contributed by atoms with Crippen LogP contribution in [0.2, 0.25) is 0 Å². The minimum atomic E-state index is -4.27. The molecular weight excluding hydrogens is 289 g/mol. The molecule has 118 valence electrons. The van der Waals surface area contributed by atoms with E-state index in [1.807, 2.05) is 31.2 Å². The van der Waals surface area contributed by atoms with Gasteiger partial charge in [0.25, 0.3) is 0 Å². The largest absolute Gasteiger partial charge is 0.416 e. The Bertz CT molecular complexity index is 571. The predicted molar refractivity (Wildman–Crippen MR) is 80.6 cm³/mol. The number of aryl methyl sites for hydroxylation is 2. The van der Waals surface area contributed by atoms with Crippen LogP contribution in [0, 0.1) is 0 Å². The second-order valence-electron chi connectivity index (χ2n) is 5.15. The van der Waals surface area contributed by atoms with Crippen molar-refractivity contribution in [2.75, 3.05) is 6.61 Å². The zero-order valence-electron chi connectivity index (χ0n) is 12.5. The lowest BCUT2D eigenvalue weighted by Gasteiger charge is -2.08. The molecule has 22 heavy (non-hydrogen) atoms. The first-order chi connectivity index (χ1) is 10.5. The Balaban J connectivity index is 1.90. The molecule has 2 aromatic carbocycles. The molecule has 0 unspecified atom stereocenters. The summed E-state index contributed by atoms with van der Waals surface area (Å²) >= 11 is 0. The lowest BCUT2D eigenvalue weighted by atomic mass is 10.0. The zero-order chi connectivity index (χ0) is 16.0. The smallest absolute Gasteiger partial charge is 0.377 e. The monoisotopic (exact) mass is 308 g/mol. The molecule has 0 saturated carbocycles. The second-order valence-corrected chi connectivity index (χ2v) is 5.15.